The Balaban J connectivity index is 1.86. The van der Waals surface area contributed by atoms with Gasteiger partial charge < -0.3 is 15.2 Å². The summed E-state index contributed by atoms with van der Waals surface area (Å²) in [5.74, 6) is 0.219. The molecule has 0 atom stereocenters. The molecule has 6 heteroatoms. The average Bonchev–Trinajstić information content (AvgIpc) is 2.90. The predicted octanol–water partition coefficient (Wildman–Crippen LogP) is 3.91. The molecule has 0 unspecified atom stereocenters. The summed E-state index contributed by atoms with van der Waals surface area (Å²) in [5, 5.41) is 13.2. The summed E-state index contributed by atoms with van der Waals surface area (Å²) in [5.41, 5.74) is 3.71. The molecule has 3 rings (SSSR count). The average molecular weight is 354 g/mol. The van der Waals surface area contributed by atoms with Gasteiger partial charge in [-0.1, -0.05) is 18.2 Å². The van der Waals surface area contributed by atoms with Crippen LogP contribution in [0.15, 0.2) is 46.3 Å². The highest BCUT2D eigenvalue weighted by molar-refractivity contribution is 8.18. The van der Waals surface area contributed by atoms with Gasteiger partial charge in [-0.05, 0) is 66.6 Å². The lowest BCUT2D eigenvalue weighted by atomic mass is 10.1. The fraction of sp³-hybridized carbons (Fsp3) is 0.158. The number of nitrogens with zero attached hydrogens (tertiary/aromatic N) is 1. The van der Waals surface area contributed by atoms with E-state index in [2.05, 4.69) is 10.3 Å². The van der Waals surface area contributed by atoms with Crippen molar-refractivity contribution in [2.75, 3.05) is 7.11 Å². The van der Waals surface area contributed by atoms with Crippen molar-refractivity contribution in [2.45, 2.75) is 13.8 Å². The predicted molar refractivity (Wildman–Crippen MR) is 101 cm³/mol. The molecule has 1 heterocycles. The molecule has 1 aliphatic heterocycles. The monoisotopic (exact) mass is 354 g/mol. The van der Waals surface area contributed by atoms with Gasteiger partial charge in [-0.2, -0.15) is 0 Å². The Morgan fingerprint density at radius 3 is 2.72 bits per heavy atom. The minimum Gasteiger partial charge on any atom is -0.504 e. The third-order valence-electron chi connectivity index (χ3n) is 3.74. The van der Waals surface area contributed by atoms with Crippen LogP contribution in [0.2, 0.25) is 0 Å². The van der Waals surface area contributed by atoms with Gasteiger partial charge in [0.25, 0.3) is 5.91 Å². The SMILES string of the molecule is COc1ccc(/C=C2/SC(=Nc3cc(C)ccc3C)NC2=O)cc1O. The fourth-order valence-electron chi connectivity index (χ4n) is 2.38. The van der Waals surface area contributed by atoms with E-state index >= 15 is 0 Å². The number of aliphatic imine (C=N–C) groups is 1. The van der Waals surface area contributed by atoms with Crippen LogP contribution in [0.25, 0.3) is 6.08 Å². The van der Waals surface area contributed by atoms with E-state index in [0.717, 1.165) is 16.8 Å². The third-order valence-corrected chi connectivity index (χ3v) is 4.65. The van der Waals surface area contributed by atoms with E-state index in [9.17, 15) is 9.90 Å². The van der Waals surface area contributed by atoms with Crippen molar-refractivity contribution < 1.29 is 14.6 Å². The molecule has 5 nitrogen and oxygen atoms in total. The normalized spacial score (nSPS) is 17.2. The van der Waals surface area contributed by atoms with Crippen molar-refractivity contribution in [1.82, 2.24) is 5.32 Å². The first-order valence-corrected chi connectivity index (χ1v) is 8.52. The molecule has 0 aliphatic carbocycles. The maximum absolute atomic E-state index is 12.2. The maximum Gasteiger partial charge on any atom is 0.264 e. The second-order valence-electron chi connectivity index (χ2n) is 5.70. The highest BCUT2D eigenvalue weighted by Gasteiger charge is 2.24. The maximum atomic E-state index is 12.2. The summed E-state index contributed by atoms with van der Waals surface area (Å²) in [6, 6.07) is 11.0. The molecule has 2 aromatic carbocycles. The van der Waals surface area contributed by atoms with Crippen LogP contribution in [0.3, 0.4) is 0 Å². The van der Waals surface area contributed by atoms with E-state index < -0.39 is 0 Å². The van der Waals surface area contributed by atoms with Crippen LogP contribution in [0.4, 0.5) is 5.69 Å². The number of nitrogens with one attached hydrogen (secondary N) is 1. The lowest BCUT2D eigenvalue weighted by Gasteiger charge is -2.03. The minimum absolute atomic E-state index is 0.0320. The van der Waals surface area contributed by atoms with Crippen LogP contribution in [0.1, 0.15) is 16.7 Å². The van der Waals surface area contributed by atoms with E-state index in [1.165, 1.54) is 18.9 Å². The number of aryl methyl sites for hydroxylation is 2. The molecular formula is C19H18N2O3S. The number of methoxy groups -OCH3 is 1. The molecule has 0 spiro atoms. The minimum atomic E-state index is -0.204. The van der Waals surface area contributed by atoms with Gasteiger partial charge in [0.2, 0.25) is 0 Å². The Bertz CT molecular complexity index is 904. The summed E-state index contributed by atoms with van der Waals surface area (Å²) in [6.07, 6.45) is 1.71. The lowest BCUT2D eigenvalue weighted by Crippen LogP contribution is -2.19. The van der Waals surface area contributed by atoms with Gasteiger partial charge in [0.1, 0.15) is 0 Å². The number of ether oxygens (including phenoxy) is 1. The quantitative estimate of drug-likeness (QED) is 0.820. The Kier molecular flexibility index (Phi) is 4.81. The Morgan fingerprint density at radius 1 is 1.20 bits per heavy atom. The first kappa shape index (κ1) is 17.1. The van der Waals surface area contributed by atoms with Crippen molar-refractivity contribution in [3.63, 3.8) is 0 Å². The zero-order chi connectivity index (χ0) is 18.0. The number of amides is 1. The molecule has 1 fully saturated rings. The van der Waals surface area contributed by atoms with Crippen molar-refractivity contribution in [3.05, 3.63) is 58.0 Å². The molecule has 0 bridgehead atoms. The van der Waals surface area contributed by atoms with Gasteiger partial charge in [-0.3, -0.25) is 4.79 Å². The zero-order valence-electron chi connectivity index (χ0n) is 14.2. The number of aromatic hydroxyl groups is 1. The number of rotatable bonds is 3. The van der Waals surface area contributed by atoms with Gasteiger partial charge in [0, 0.05) is 0 Å². The molecular weight excluding hydrogens is 336 g/mol. The van der Waals surface area contributed by atoms with Crippen LogP contribution >= 0.6 is 11.8 Å². The zero-order valence-corrected chi connectivity index (χ0v) is 15.0. The Hall–Kier alpha value is -2.73. The second-order valence-corrected chi connectivity index (χ2v) is 6.73. The molecule has 0 aromatic heterocycles. The van der Waals surface area contributed by atoms with Crippen LogP contribution in [0, 0.1) is 13.8 Å². The largest absolute Gasteiger partial charge is 0.504 e. The summed E-state index contributed by atoms with van der Waals surface area (Å²) in [4.78, 5) is 17.2. The number of carbonyl (C=O) groups is 1. The van der Waals surface area contributed by atoms with E-state index in [4.69, 9.17) is 4.74 Å². The molecule has 2 N–H and O–H groups in total. The number of amidine groups is 1. The van der Waals surface area contributed by atoms with E-state index in [1.54, 1.807) is 24.3 Å². The number of hydrogen-bond donors (Lipinski definition) is 2. The molecule has 0 saturated carbocycles. The number of phenolic OH excluding ortho intramolecular Hbond substituents is 1. The highest BCUT2D eigenvalue weighted by Crippen LogP contribution is 2.32. The molecule has 1 saturated heterocycles. The van der Waals surface area contributed by atoms with Crippen LogP contribution < -0.4 is 10.1 Å². The van der Waals surface area contributed by atoms with Crippen LogP contribution in [-0.2, 0) is 4.79 Å². The second kappa shape index (κ2) is 7.03. The topological polar surface area (TPSA) is 70.9 Å². The van der Waals surface area contributed by atoms with Crippen LogP contribution in [-0.4, -0.2) is 23.3 Å². The molecule has 1 amide bonds. The number of thioether (sulfide) groups is 1. The Morgan fingerprint density at radius 2 is 2.00 bits per heavy atom. The van der Waals surface area contributed by atoms with Gasteiger partial charge >= 0.3 is 0 Å². The van der Waals surface area contributed by atoms with E-state index in [1.807, 2.05) is 32.0 Å². The van der Waals surface area contributed by atoms with Crippen molar-refractivity contribution in [3.8, 4) is 11.5 Å². The highest BCUT2D eigenvalue weighted by atomic mass is 32.2. The molecule has 0 radical (unpaired) electrons. The fourth-order valence-corrected chi connectivity index (χ4v) is 3.21. The molecule has 25 heavy (non-hydrogen) atoms. The smallest absolute Gasteiger partial charge is 0.264 e. The summed E-state index contributed by atoms with van der Waals surface area (Å²) in [6.45, 7) is 3.99. The third kappa shape index (κ3) is 3.85. The standard InChI is InChI=1S/C19H18N2O3S/c1-11-4-5-12(2)14(8-11)20-19-21-18(23)17(25-19)10-13-6-7-16(24-3)15(22)9-13/h4-10,22H,1-3H3,(H,20,21,23)/b17-10+. The lowest BCUT2D eigenvalue weighted by molar-refractivity contribution is -0.115. The Labute approximate surface area is 150 Å². The molecule has 128 valence electrons. The van der Waals surface area contributed by atoms with E-state index in [-0.39, 0.29) is 11.7 Å². The summed E-state index contributed by atoms with van der Waals surface area (Å²) < 4.78 is 5.02. The van der Waals surface area contributed by atoms with Gasteiger partial charge in [0.05, 0.1) is 17.7 Å². The molecule has 2 aromatic rings. The van der Waals surface area contributed by atoms with Crippen LogP contribution in [0.5, 0.6) is 11.5 Å². The van der Waals surface area contributed by atoms with Crippen molar-refractivity contribution in [1.29, 1.82) is 0 Å². The first-order chi connectivity index (χ1) is 12.0. The van der Waals surface area contributed by atoms with Crippen molar-refractivity contribution in [2.24, 2.45) is 4.99 Å². The van der Waals surface area contributed by atoms with Gasteiger partial charge in [0.15, 0.2) is 16.7 Å². The number of carbonyl (C=O) groups excluding carboxylic acids is 1. The molecule has 1 aliphatic rings. The number of phenols is 1. The van der Waals surface area contributed by atoms with Gasteiger partial charge in [-0.25, -0.2) is 4.99 Å². The van der Waals surface area contributed by atoms with E-state index in [0.29, 0.717) is 21.4 Å². The number of hydrogen-bond acceptors (Lipinski definition) is 5. The summed E-state index contributed by atoms with van der Waals surface area (Å²) in [7, 11) is 1.49. The summed E-state index contributed by atoms with van der Waals surface area (Å²) >= 11 is 1.28. The first-order valence-electron chi connectivity index (χ1n) is 7.70. The van der Waals surface area contributed by atoms with Crippen molar-refractivity contribution >= 4 is 34.6 Å². The van der Waals surface area contributed by atoms with Gasteiger partial charge in [-0.15, -0.1) is 0 Å². The number of benzene rings is 2.